The van der Waals surface area contributed by atoms with Crippen LogP contribution in [0.4, 0.5) is 5.13 Å². The Morgan fingerprint density at radius 3 is 2.13 bits per heavy atom. The van der Waals surface area contributed by atoms with Crippen molar-refractivity contribution in [1.29, 1.82) is 0 Å². The number of unbranched alkanes of at least 4 members (excludes halogenated alkanes) is 11. The molecule has 0 bridgehead atoms. The monoisotopic (exact) mass is 450 g/mol. The molecule has 5 nitrogen and oxygen atoms in total. The van der Waals surface area contributed by atoms with Gasteiger partial charge in [0.25, 0.3) is 0 Å². The number of aliphatic carboxylic acids is 1. The van der Waals surface area contributed by atoms with Crippen molar-refractivity contribution in [3.8, 4) is 0 Å². The van der Waals surface area contributed by atoms with Crippen LogP contribution in [-0.4, -0.2) is 22.0 Å². The van der Waals surface area contributed by atoms with Gasteiger partial charge in [0, 0.05) is 11.8 Å². The van der Waals surface area contributed by atoms with E-state index >= 15 is 0 Å². The van der Waals surface area contributed by atoms with Crippen LogP contribution in [-0.2, 0) is 9.59 Å². The molecular formula is C25H42N2O3S. The molecule has 0 aromatic carbocycles. The Hall–Kier alpha value is -1.69. The molecular weight excluding hydrogens is 408 g/mol. The minimum atomic E-state index is -0.876. The second-order valence-corrected chi connectivity index (χ2v) is 9.12. The van der Waals surface area contributed by atoms with Gasteiger partial charge in [0.15, 0.2) is 5.13 Å². The maximum atomic E-state index is 12.1. The van der Waals surface area contributed by atoms with E-state index in [0.717, 1.165) is 25.7 Å². The van der Waals surface area contributed by atoms with Crippen LogP contribution in [0.2, 0.25) is 0 Å². The number of hydrogen-bond acceptors (Lipinski definition) is 4. The second kappa shape index (κ2) is 17.9. The zero-order chi connectivity index (χ0) is 22.7. The zero-order valence-electron chi connectivity index (χ0n) is 19.5. The molecule has 1 amide bonds. The van der Waals surface area contributed by atoms with E-state index in [4.69, 9.17) is 0 Å². The predicted molar refractivity (Wildman–Crippen MR) is 131 cm³/mol. The number of anilines is 1. The summed E-state index contributed by atoms with van der Waals surface area (Å²) in [5, 5.41) is 14.2. The number of amides is 1. The van der Waals surface area contributed by atoms with Gasteiger partial charge in [-0.05, 0) is 38.5 Å². The molecule has 1 heterocycles. The molecule has 1 aromatic rings. The lowest BCUT2D eigenvalue weighted by atomic mass is 10.0. The number of carboxylic acid groups (broad SMARTS) is 1. The van der Waals surface area contributed by atoms with Crippen LogP contribution in [0.3, 0.4) is 0 Å². The Morgan fingerprint density at radius 2 is 1.55 bits per heavy atom. The highest BCUT2D eigenvalue weighted by Crippen LogP contribution is 2.25. The molecule has 0 spiro atoms. The Kier molecular flexibility index (Phi) is 15.8. The molecule has 0 aliphatic carbocycles. The molecule has 0 aliphatic rings. The molecule has 0 fully saturated rings. The van der Waals surface area contributed by atoms with Gasteiger partial charge in [-0.15, -0.1) is 11.3 Å². The number of rotatable bonds is 19. The maximum Gasteiger partial charge on any atom is 0.312 e. The Morgan fingerprint density at radius 1 is 0.968 bits per heavy atom. The first-order valence-electron chi connectivity index (χ1n) is 12.2. The van der Waals surface area contributed by atoms with E-state index in [1.54, 1.807) is 5.38 Å². The largest absolute Gasteiger partial charge is 0.481 e. The summed E-state index contributed by atoms with van der Waals surface area (Å²) in [6, 6.07) is 0. The van der Waals surface area contributed by atoms with Gasteiger partial charge in [-0.2, -0.15) is 0 Å². The van der Waals surface area contributed by atoms with Crippen molar-refractivity contribution in [3.05, 3.63) is 23.2 Å². The number of hydrogen-bond donors (Lipinski definition) is 2. The van der Waals surface area contributed by atoms with Crippen LogP contribution in [0.1, 0.15) is 122 Å². The van der Waals surface area contributed by atoms with Gasteiger partial charge in [0.05, 0.1) is 11.6 Å². The first-order chi connectivity index (χ1) is 15.1. The lowest BCUT2D eigenvalue weighted by Gasteiger charge is -2.05. The summed E-state index contributed by atoms with van der Waals surface area (Å²) in [6.45, 7) is 4.08. The highest BCUT2D eigenvalue weighted by molar-refractivity contribution is 7.13. The van der Waals surface area contributed by atoms with Crippen LogP contribution in [0, 0.1) is 0 Å². The molecule has 0 radical (unpaired) electrons. The summed E-state index contributed by atoms with van der Waals surface area (Å²) in [4.78, 5) is 27.5. The quantitative estimate of drug-likeness (QED) is 0.167. The number of carboxylic acids is 1. The number of aromatic nitrogens is 1. The van der Waals surface area contributed by atoms with Crippen molar-refractivity contribution in [1.82, 2.24) is 4.98 Å². The topological polar surface area (TPSA) is 79.3 Å². The molecule has 6 heteroatoms. The van der Waals surface area contributed by atoms with Crippen LogP contribution in [0.5, 0.6) is 0 Å². The number of carbonyl (C=O) groups excluding carboxylic acids is 1. The van der Waals surface area contributed by atoms with Gasteiger partial charge < -0.3 is 10.4 Å². The van der Waals surface area contributed by atoms with Gasteiger partial charge in [0.2, 0.25) is 5.91 Å². The lowest BCUT2D eigenvalue weighted by Crippen LogP contribution is -2.13. The van der Waals surface area contributed by atoms with Crippen LogP contribution in [0.25, 0.3) is 0 Å². The third kappa shape index (κ3) is 13.4. The Balaban J connectivity index is 2.00. The molecule has 2 N–H and O–H groups in total. The summed E-state index contributed by atoms with van der Waals surface area (Å²) < 4.78 is 0. The lowest BCUT2D eigenvalue weighted by molar-refractivity contribution is -0.138. The van der Waals surface area contributed by atoms with E-state index in [0.29, 0.717) is 23.7 Å². The SMILES string of the molecule is CCCCCCCC/C=C\CCCCCCCC(=O)Nc1nc(C(CC)C(=O)O)cs1. The fourth-order valence-corrected chi connectivity index (χ4v) is 4.33. The van der Waals surface area contributed by atoms with E-state index in [9.17, 15) is 14.7 Å². The second-order valence-electron chi connectivity index (χ2n) is 8.26. The van der Waals surface area contributed by atoms with Gasteiger partial charge in [0.1, 0.15) is 0 Å². The van der Waals surface area contributed by atoms with E-state index in [1.165, 1.54) is 69.1 Å². The zero-order valence-corrected chi connectivity index (χ0v) is 20.4. The summed E-state index contributed by atoms with van der Waals surface area (Å²) in [7, 11) is 0. The summed E-state index contributed by atoms with van der Waals surface area (Å²) in [6.07, 6.45) is 21.7. The third-order valence-corrected chi connectivity index (χ3v) is 6.27. The molecule has 1 rings (SSSR count). The van der Waals surface area contributed by atoms with Gasteiger partial charge in [-0.25, -0.2) is 4.98 Å². The van der Waals surface area contributed by atoms with Gasteiger partial charge >= 0.3 is 5.97 Å². The van der Waals surface area contributed by atoms with Gasteiger partial charge in [-0.1, -0.05) is 77.4 Å². The Bertz CT molecular complexity index is 642. The third-order valence-electron chi connectivity index (χ3n) is 5.50. The van der Waals surface area contributed by atoms with E-state index in [2.05, 4.69) is 29.4 Å². The number of allylic oxidation sites excluding steroid dienone is 2. The van der Waals surface area contributed by atoms with Crippen LogP contribution >= 0.6 is 11.3 Å². The van der Waals surface area contributed by atoms with Crippen molar-refractivity contribution in [3.63, 3.8) is 0 Å². The predicted octanol–water partition coefficient (Wildman–Crippen LogP) is 7.70. The van der Waals surface area contributed by atoms with Crippen molar-refractivity contribution >= 4 is 28.3 Å². The van der Waals surface area contributed by atoms with Crippen molar-refractivity contribution in [2.75, 3.05) is 5.32 Å². The average molecular weight is 451 g/mol. The maximum absolute atomic E-state index is 12.1. The van der Waals surface area contributed by atoms with Gasteiger partial charge in [-0.3, -0.25) is 9.59 Å². The molecule has 31 heavy (non-hydrogen) atoms. The summed E-state index contributed by atoms with van der Waals surface area (Å²) in [5.74, 6) is -1.52. The first-order valence-corrected chi connectivity index (χ1v) is 13.1. The minimum absolute atomic E-state index is 0.0399. The van der Waals surface area contributed by atoms with E-state index < -0.39 is 11.9 Å². The molecule has 0 saturated carbocycles. The number of nitrogens with one attached hydrogen (secondary N) is 1. The van der Waals surface area contributed by atoms with E-state index in [-0.39, 0.29) is 5.91 Å². The van der Waals surface area contributed by atoms with Crippen molar-refractivity contribution in [2.45, 2.75) is 116 Å². The molecule has 1 unspecified atom stereocenters. The molecule has 1 atom stereocenters. The molecule has 1 aromatic heterocycles. The Labute approximate surface area is 192 Å². The van der Waals surface area contributed by atoms with Crippen LogP contribution < -0.4 is 5.32 Å². The molecule has 0 saturated heterocycles. The summed E-state index contributed by atoms with van der Waals surface area (Å²) >= 11 is 1.29. The fourth-order valence-electron chi connectivity index (χ4n) is 3.55. The number of thiazole rings is 1. The van der Waals surface area contributed by atoms with Crippen molar-refractivity contribution < 1.29 is 14.7 Å². The average Bonchev–Trinajstić information content (AvgIpc) is 3.18. The smallest absolute Gasteiger partial charge is 0.312 e. The highest BCUT2D eigenvalue weighted by atomic mass is 32.1. The first kappa shape index (κ1) is 27.3. The fraction of sp³-hybridized carbons (Fsp3) is 0.720. The normalized spacial score (nSPS) is 12.3. The van der Waals surface area contributed by atoms with E-state index in [1.807, 2.05) is 6.92 Å². The van der Waals surface area contributed by atoms with Crippen LogP contribution in [0.15, 0.2) is 17.5 Å². The number of carbonyl (C=O) groups is 2. The molecule has 0 aliphatic heterocycles. The standard InChI is InChI=1S/C25H42N2O3S/c1-3-5-6-7-8-9-10-11-12-13-14-15-16-17-18-19-23(28)27-25-26-22(20-31-25)21(4-2)24(29)30/h11-12,20-21H,3-10,13-19H2,1-2H3,(H,29,30)(H,26,27,28)/b12-11-. The minimum Gasteiger partial charge on any atom is -0.481 e. The highest BCUT2D eigenvalue weighted by Gasteiger charge is 2.21. The number of nitrogens with zero attached hydrogens (tertiary/aromatic N) is 1. The summed E-state index contributed by atoms with van der Waals surface area (Å²) in [5.41, 5.74) is 0.524. The van der Waals surface area contributed by atoms with Crippen molar-refractivity contribution in [2.24, 2.45) is 0 Å². The molecule has 176 valence electrons.